The van der Waals surface area contributed by atoms with Crippen LogP contribution in [0.5, 0.6) is 0 Å². The van der Waals surface area contributed by atoms with Gasteiger partial charge in [0, 0.05) is 30.7 Å². The van der Waals surface area contributed by atoms with Gasteiger partial charge in [-0.3, -0.25) is 0 Å². The second-order valence-corrected chi connectivity index (χ2v) is 6.65. The molecule has 0 amide bonds. The summed E-state index contributed by atoms with van der Waals surface area (Å²) in [5.74, 6) is 0.922. The topological polar surface area (TPSA) is 94.0 Å². The zero-order valence-electron chi connectivity index (χ0n) is 13.5. The largest absolute Gasteiger partial charge is 0.374 e. The van der Waals surface area contributed by atoms with Crippen LogP contribution >= 0.6 is 11.3 Å². The molecule has 0 saturated heterocycles. The second-order valence-electron chi connectivity index (χ2n) is 5.56. The van der Waals surface area contributed by atoms with E-state index in [9.17, 15) is 0 Å². The SMILES string of the molecule is Nc1nnc(CCCNc2cc(-c3ccccc3)nc3ccnn23)s1. The van der Waals surface area contributed by atoms with Crippen molar-refractivity contribution >= 4 is 27.9 Å². The third-order valence-corrected chi connectivity index (χ3v) is 4.60. The minimum atomic E-state index is 0.517. The molecule has 0 fully saturated rings. The third kappa shape index (κ3) is 3.43. The van der Waals surface area contributed by atoms with Crippen molar-refractivity contribution in [3.05, 3.63) is 53.7 Å². The van der Waals surface area contributed by atoms with Crippen molar-refractivity contribution in [2.24, 2.45) is 0 Å². The van der Waals surface area contributed by atoms with Gasteiger partial charge in [-0.2, -0.15) is 9.61 Å². The molecule has 0 unspecified atom stereocenters. The summed E-state index contributed by atoms with van der Waals surface area (Å²) in [6, 6.07) is 14.1. The Morgan fingerprint density at radius 1 is 1.12 bits per heavy atom. The Hall–Kier alpha value is -3.00. The number of nitrogen functional groups attached to an aromatic ring is 1. The maximum atomic E-state index is 5.61. The van der Waals surface area contributed by atoms with Crippen LogP contribution < -0.4 is 11.1 Å². The average Bonchev–Trinajstić information content (AvgIpc) is 3.28. The Bertz CT molecular complexity index is 977. The van der Waals surface area contributed by atoms with Crippen molar-refractivity contribution < 1.29 is 0 Å². The summed E-state index contributed by atoms with van der Waals surface area (Å²) < 4.78 is 1.81. The summed E-state index contributed by atoms with van der Waals surface area (Å²) in [6.07, 6.45) is 3.54. The smallest absolute Gasteiger partial charge is 0.203 e. The van der Waals surface area contributed by atoms with Crippen LogP contribution in [0, 0.1) is 0 Å². The van der Waals surface area contributed by atoms with Crippen molar-refractivity contribution in [2.45, 2.75) is 12.8 Å². The van der Waals surface area contributed by atoms with Crippen LogP contribution in [0.3, 0.4) is 0 Å². The van der Waals surface area contributed by atoms with Crippen molar-refractivity contribution in [1.29, 1.82) is 0 Å². The number of hydrogen-bond acceptors (Lipinski definition) is 7. The lowest BCUT2D eigenvalue weighted by Crippen LogP contribution is -2.08. The molecule has 25 heavy (non-hydrogen) atoms. The number of anilines is 2. The van der Waals surface area contributed by atoms with Crippen LogP contribution in [-0.2, 0) is 6.42 Å². The number of aromatic nitrogens is 5. The molecule has 7 nitrogen and oxygen atoms in total. The van der Waals surface area contributed by atoms with Gasteiger partial charge in [0.05, 0.1) is 11.9 Å². The lowest BCUT2D eigenvalue weighted by atomic mass is 10.1. The lowest BCUT2D eigenvalue weighted by molar-refractivity contribution is 0.824. The maximum Gasteiger partial charge on any atom is 0.203 e. The van der Waals surface area contributed by atoms with Crippen molar-refractivity contribution in [1.82, 2.24) is 24.8 Å². The predicted octanol–water partition coefficient (Wildman–Crippen LogP) is 2.87. The highest BCUT2D eigenvalue weighted by molar-refractivity contribution is 7.15. The fraction of sp³-hybridized carbons (Fsp3) is 0.176. The van der Waals surface area contributed by atoms with E-state index < -0.39 is 0 Å². The normalized spacial score (nSPS) is 11.0. The average molecular weight is 351 g/mol. The van der Waals surface area contributed by atoms with Crippen molar-refractivity contribution in [2.75, 3.05) is 17.6 Å². The van der Waals surface area contributed by atoms with Crippen LogP contribution in [-0.4, -0.2) is 31.3 Å². The summed E-state index contributed by atoms with van der Waals surface area (Å²) in [5, 5.41) is 17.2. The highest BCUT2D eigenvalue weighted by atomic mass is 32.1. The monoisotopic (exact) mass is 351 g/mol. The molecule has 8 heteroatoms. The number of nitrogens with one attached hydrogen (secondary N) is 1. The van der Waals surface area contributed by atoms with E-state index in [0.29, 0.717) is 5.13 Å². The molecule has 126 valence electrons. The second kappa shape index (κ2) is 6.86. The first-order chi connectivity index (χ1) is 12.3. The molecule has 0 bridgehead atoms. The molecule has 4 aromatic rings. The Balaban J connectivity index is 1.51. The first kappa shape index (κ1) is 15.5. The molecular weight excluding hydrogens is 334 g/mol. The Morgan fingerprint density at radius 3 is 2.80 bits per heavy atom. The minimum absolute atomic E-state index is 0.517. The van der Waals surface area contributed by atoms with E-state index in [2.05, 4.69) is 37.7 Å². The third-order valence-electron chi connectivity index (χ3n) is 3.78. The highest BCUT2D eigenvalue weighted by Gasteiger charge is 2.08. The molecule has 3 N–H and O–H groups in total. The van der Waals surface area contributed by atoms with Gasteiger partial charge in [-0.15, -0.1) is 10.2 Å². The van der Waals surface area contributed by atoms with E-state index in [1.807, 2.05) is 34.8 Å². The molecular formula is C17H17N7S. The number of nitrogens with two attached hydrogens (primary N) is 1. The number of fused-ring (bicyclic) bond motifs is 1. The standard InChI is InChI=1S/C17H17N7S/c18-17-23-22-16(25-17)7-4-9-19-15-11-13(12-5-2-1-3-6-12)21-14-8-10-20-24(14)15/h1-3,5-6,8,10-11,19H,4,7,9H2,(H2,18,23). The number of hydrogen-bond donors (Lipinski definition) is 2. The first-order valence-electron chi connectivity index (χ1n) is 8.01. The van der Waals surface area contributed by atoms with Gasteiger partial charge in [-0.25, -0.2) is 4.98 Å². The van der Waals surface area contributed by atoms with Gasteiger partial charge in [0.15, 0.2) is 5.65 Å². The van der Waals surface area contributed by atoms with Gasteiger partial charge in [-0.05, 0) is 6.42 Å². The highest BCUT2D eigenvalue weighted by Crippen LogP contribution is 2.22. The summed E-state index contributed by atoms with van der Waals surface area (Å²) in [7, 11) is 0. The first-order valence-corrected chi connectivity index (χ1v) is 8.83. The van der Waals surface area contributed by atoms with Gasteiger partial charge in [-0.1, -0.05) is 41.7 Å². The summed E-state index contributed by atoms with van der Waals surface area (Å²) >= 11 is 1.44. The van der Waals surface area contributed by atoms with Gasteiger partial charge >= 0.3 is 0 Å². The summed E-state index contributed by atoms with van der Waals surface area (Å²) in [5.41, 5.74) is 8.43. The van der Waals surface area contributed by atoms with E-state index in [1.165, 1.54) is 11.3 Å². The van der Waals surface area contributed by atoms with E-state index >= 15 is 0 Å². The van der Waals surface area contributed by atoms with Gasteiger partial charge in [0.1, 0.15) is 10.8 Å². The number of benzene rings is 1. The molecule has 3 aromatic heterocycles. The van der Waals surface area contributed by atoms with E-state index in [4.69, 9.17) is 5.73 Å². The molecule has 0 spiro atoms. The molecule has 0 aliphatic rings. The zero-order chi connectivity index (χ0) is 17.1. The summed E-state index contributed by atoms with van der Waals surface area (Å²) in [6.45, 7) is 0.798. The molecule has 1 aromatic carbocycles. The number of rotatable bonds is 6. The summed E-state index contributed by atoms with van der Waals surface area (Å²) in [4.78, 5) is 4.67. The number of aryl methyl sites for hydroxylation is 1. The molecule has 0 atom stereocenters. The van der Waals surface area contributed by atoms with E-state index in [1.54, 1.807) is 6.20 Å². The lowest BCUT2D eigenvalue weighted by Gasteiger charge is -2.10. The van der Waals surface area contributed by atoms with Crippen molar-refractivity contribution in [3.63, 3.8) is 0 Å². The predicted molar refractivity (Wildman–Crippen MR) is 99.6 cm³/mol. The minimum Gasteiger partial charge on any atom is -0.374 e. The fourth-order valence-corrected chi connectivity index (χ4v) is 3.27. The van der Waals surface area contributed by atoms with Gasteiger partial charge in [0.25, 0.3) is 0 Å². The van der Waals surface area contributed by atoms with Gasteiger partial charge < -0.3 is 11.1 Å². The molecule has 0 radical (unpaired) electrons. The fourth-order valence-electron chi connectivity index (χ4n) is 2.62. The van der Waals surface area contributed by atoms with Crippen LogP contribution in [0.4, 0.5) is 10.9 Å². The van der Waals surface area contributed by atoms with Crippen LogP contribution in [0.1, 0.15) is 11.4 Å². The van der Waals surface area contributed by atoms with Crippen LogP contribution in [0.15, 0.2) is 48.7 Å². The Kier molecular flexibility index (Phi) is 4.26. The van der Waals surface area contributed by atoms with E-state index in [-0.39, 0.29) is 0 Å². The molecule has 0 saturated carbocycles. The van der Waals surface area contributed by atoms with Gasteiger partial charge in [0.2, 0.25) is 5.13 Å². The van der Waals surface area contributed by atoms with Crippen molar-refractivity contribution in [3.8, 4) is 11.3 Å². The van der Waals surface area contributed by atoms with E-state index in [0.717, 1.165) is 47.1 Å². The quantitative estimate of drug-likeness (QED) is 0.519. The molecule has 0 aliphatic heterocycles. The Labute approximate surface area is 148 Å². The molecule has 3 heterocycles. The maximum absolute atomic E-state index is 5.61. The molecule has 4 rings (SSSR count). The molecule has 0 aliphatic carbocycles. The van der Waals surface area contributed by atoms with Crippen LogP contribution in [0.2, 0.25) is 0 Å². The number of nitrogens with zero attached hydrogens (tertiary/aromatic N) is 5. The Morgan fingerprint density at radius 2 is 2.00 bits per heavy atom. The zero-order valence-corrected chi connectivity index (χ0v) is 14.3. The van der Waals surface area contributed by atoms with Crippen LogP contribution in [0.25, 0.3) is 16.9 Å².